The number of hydrogen-bond acceptors (Lipinski definition) is 5. The van der Waals surface area contributed by atoms with Crippen LogP contribution in [0.25, 0.3) is 5.83 Å². The van der Waals surface area contributed by atoms with E-state index in [-0.39, 0.29) is 22.8 Å². The fraction of sp³-hybridized carbons (Fsp3) is 0.222. The van der Waals surface area contributed by atoms with Crippen LogP contribution >= 0.6 is 0 Å². The summed E-state index contributed by atoms with van der Waals surface area (Å²) >= 11 is 0. The predicted molar refractivity (Wildman–Crippen MR) is 94.2 cm³/mol. The van der Waals surface area contributed by atoms with E-state index >= 15 is 0 Å². The Morgan fingerprint density at radius 2 is 1.48 bits per heavy atom. The highest BCUT2D eigenvalue weighted by atomic mass is 32.2. The molecule has 0 bridgehead atoms. The average Bonchev–Trinajstić information content (AvgIpc) is 2.70. The van der Waals surface area contributed by atoms with Gasteiger partial charge in [0, 0.05) is 5.56 Å². The number of sulfone groups is 1. The monoisotopic (exact) mass is 438 g/mol. The molecule has 0 unspecified atom stereocenters. The third-order valence-electron chi connectivity index (χ3n) is 3.85. The first-order valence-electron chi connectivity index (χ1n) is 7.78. The smallest absolute Gasteiger partial charge is 0.251 e. The van der Waals surface area contributed by atoms with Crippen molar-refractivity contribution in [3.63, 3.8) is 0 Å². The largest absolute Gasteiger partial charge is 0.493 e. The summed E-state index contributed by atoms with van der Waals surface area (Å²) in [5.41, 5.74) is -1.48. The van der Waals surface area contributed by atoms with Crippen LogP contribution in [-0.2, 0) is 15.6 Å². The van der Waals surface area contributed by atoms with E-state index in [0.29, 0.717) is 12.1 Å². The quantitative estimate of drug-likeness (QED) is 0.476. The van der Waals surface area contributed by atoms with Gasteiger partial charge < -0.3 is 14.2 Å². The summed E-state index contributed by atoms with van der Waals surface area (Å²) in [7, 11) is -1.23. The molecule has 0 radical (unpaired) electrons. The van der Waals surface area contributed by atoms with Crippen LogP contribution in [0.3, 0.4) is 0 Å². The number of rotatable bonds is 7. The highest BCUT2D eigenvalue weighted by Gasteiger charge is 2.29. The third-order valence-corrected chi connectivity index (χ3v) is 5.26. The van der Waals surface area contributed by atoms with Gasteiger partial charge >= 0.3 is 0 Å². The summed E-state index contributed by atoms with van der Waals surface area (Å²) in [6.45, 7) is 0. The minimum Gasteiger partial charge on any atom is -0.493 e. The molecule has 0 heterocycles. The van der Waals surface area contributed by atoms with Crippen LogP contribution in [0, 0.1) is 17.5 Å². The van der Waals surface area contributed by atoms with Gasteiger partial charge in [0.15, 0.2) is 34.8 Å². The molecule has 0 amide bonds. The van der Waals surface area contributed by atoms with Crippen LogP contribution in [0.15, 0.2) is 29.4 Å². The minimum atomic E-state index is -5.00. The van der Waals surface area contributed by atoms with Gasteiger partial charge in [-0.05, 0) is 18.2 Å². The first kappa shape index (κ1) is 22.5. The number of methoxy groups -OCH3 is 3. The molecule has 2 aromatic carbocycles. The molecule has 0 aromatic heterocycles. The van der Waals surface area contributed by atoms with Gasteiger partial charge in [-0.3, -0.25) is 0 Å². The highest BCUT2D eigenvalue weighted by molar-refractivity contribution is 7.94. The number of halogens is 5. The molecule has 158 valence electrons. The lowest BCUT2D eigenvalue weighted by atomic mass is 10.2. The Labute approximate surface area is 163 Å². The van der Waals surface area contributed by atoms with E-state index in [1.165, 1.54) is 33.5 Å². The summed E-state index contributed by atoms with van der Waals surface area (Å²) in [6.07, 6.45) is 0. The SMILES string of the molecule is COc1ccc(CS(=O)(=O)/C(F)=C(\F)c2ccc(F)c(F)c2F)c(OC)c1OC. The molecule has 0 spiro atoms. The molecule has 0 aliphatic rings. The molecule has 2 rings (SSSR count). The zero-order valence-corrected chi connectivity index (χ0v) is 16.2. The van der Waals surface area contributed by atoms with Gasteiger partial charge in [-0.25, -0.2) is 26.0 Å². The van der Waals surface area contributed by atoms with E-state index in [2.05, 4.69) is 0 Å². The molecule has 0 atom stereocenters. The number of ether oxygens (including phenoxy) is 3. The maximum atomic E-state index is 14.4. The van der Waals surface area contributed by atoms with E-state index in [0.717, 1.165) is 0 Å². The van der Waals surface area contributed by atoms with Crippen molar-refractivity contribution in [2.24, 2.45) is 0 Å². The Morgan fingerprint density at radius 3 is 2.03 bits per heavy atom. The van der Waals surface area contributed by atoms with Crippen molar-refractivity contribution >= 4 is 15.7 Å². The van der Waals surface area contributed by atoms with Crippen molar-refractivity contribution < 1.29 is 44.6 Å². The van der Waals surface area contributed by atoms with Gasteiger partial charge in [-0.1, -0.05) is 6.07 Å². The van der Waals surface area contributed by atoms with Crippen molar-refractivity contribution in [1.29, 1.82) is 0 Å². The van der Waals surface area contributed by atoms with Crippen LogP contribution in [0.1, 0.15) is 11.1 Å². The van der Waals surface area contributed by atoms with Gasteiger partial charge in [0.1, 0.15) is 0 Å². The predicted octanol–water partition coefficient (Wildman–Crippen LogP) is 4.31. The average molecular weight is 438 g/mol. The molecule has 0 fully saturated rings. The van der Waals surface area contributed by atoms with Gasteiger partial charge in [-0.2, -0.15) is 4.39 Å². The molecule has 5 nitrogen and oxygen atoms in total. The van der Waals surface area contributed by atoms with E-state index < -0.39 is 49.6 Å². The first-order chi connectivity index (χ1) is 13.6. The van der Waals surface area contributed by atoms with Gasteiger partial charge in [-0.15, -0.1) is 0 Å². The molecular weight excluding hydrogens is 423 g/mol. The normalized spacial score (nSPS) is 12.4. The first-order valence-corrected chi connectivity index (χ1v) is 9.44. The molecule has 0 saturated heterocycles. The maximum Gasteiger partial charge on any atom is 0.251 e. The van der Waals surface area contributed by atoms with E-state index in [1.807, 2.05) is 0 Å². The van der Waals surface area contributed by atoms with Crippen LogP contribution in [-0.4, -0.2) is 29.7 Å². The Hall–Kier alpha value is -2.82. The fourth-order valence-corrected chi connectivity index (χ4v) is 3.63. The van der Waals surface area contributed by atoms with E-state index in [4.69, 9.17) is 14.2 Å². The molecule has 2 aromatic rings. The molecule has 0 aliphatic heterocycles. The van der Waals surface area contributed by atoms with Crippen molar-refractivity contribution in [1.82, 2.24) is 0 Å². The van der Waals surface area contributed by atoms with Crippen LogP contribution in [0.5, 0.6) is 17.2 Å². The van der Waals surface area contributed by atoms with Gasteiger partial charge in [0.25, 0.3) is 5.16 Å². The minimum absolute atomic E-state index is 0.0132. The van der Waals surface area contributed by atoms with Crippen molar-refractivity contribution in [3.8, 4) is 17.2 Å². The zero-order chi connectivity index (χ0) is 21.9. The highest BCUT2D eigenvalue weighted by Crippen LogP contribution is 2.41. The molecule has 0 N–H and O–H groups in total. The van der Waals surface area contributed by atoms with Crippen molar-refractivity contribution in [2.45, 2.75) is 5.75 Å². The zero-order valence-electron chi connectivity index (χ0n) is 15.4. The van der Waals surface area contributed by atoms with Gasteiger partial charge in [0.2, 0.25) is 15.6 Å². The van der Waals surface area contributed by atoms with Crippen LogP contribution in [0.4, 0.5) is 22.0 Å². The number of benzene rings is 2. The van der Waals surface area contributed by atoms with Gasteiger partial charge in [0.05, 0.1) is 32.6 Å². The van der Waals surface area contributed by atoms with E-state index in [1.54, 1.807) is 0 Å². The van der Waals surface area contributed by atoms with Crippen LogP contribution < -0.4 is 14.2 Å². The van der Waals surface area contributed by atoms with Crippen LogP contribution in [0.2, 0.25) is 0 Å². The molecule has 0 aliphatic carbocycles. The second-order valence-electron chi connectivity index (χ2n) is 5.56. The van der Waals surface area contributed by atoms with E-state index in [9.17, 15) is 30.4 Å². The lowest BCUT2D eigenvalue weighted by Crippen LogP contribution is -2.09. The summed E-state index contributed by atoms with van der Waals surface area (Å²) in [4.78, 5) is 0. The second-order valence-corrected chi connectivity index (χ2v) is 7.44. The lowest BCUT2D eigenvalue weighted by Gasteiger charge is -2.15. The molecular formula is C18H15F5O5S. The summed E-state index contributed by atoms with van der Waals surface area (Å²) in [5.74, 6) is -8.96. The third kappa shape index (κ3) is 4.29. The number of hydrogen-bond donors (Lipinski definition) is 0. The summed E-state index contributed by atoms with van der Waals surface area (Å²) < 4.78 is 108. The van der Waals surface area contributed by atoms with Crippen molar-refractivity contribution in [2.75, 3.05) is 21.3 Å². The maximum absolute atomic E-state index is 14.4. The standard InChI is InChI=1S/C18H15F5O5S/c1-26-12-7-4-9(16(27-2)17(12)28-3)8-29(24,25)18(23)14(21)10-5-6-11(19)15(22)13(10)20/h4-7H,8H2,1-3H3/b18-14-. The molecule has 0 saturated carbocycles. The Morgan fingerprint density at radius 1 is 0.862 bits per heavy atom. The Bertz CT molecular complexity index is 1070. The lowest BCUT2D eigenvalue weighted by molar-refractivity contribution is 0.322. The Balaban J connectivity index is 2.54. The fourth-order valence-electron chi connectivity index (χ4n) is 2.48. The van der Waals surface area contributed by atoms with Crippen molar-refractivity contribution in [3.05, 3.63) is 58.0 Å². The summed E-state index contributed by atoms with van der Waals surface area (Å²) in [6, 6.07) is 3.26. The topological polar surface area (TPSA) is 61.8 Å². The summed E-state index contributed by atoms with van der Waals surface area (Å²) in [5, 5.41) is -2.35. The second kappa shape index (κ2) is 8.68. The molecule has 11 heteroatoms. The molecule has 29 heavy (non-hydrogen) atoms. The Kier molecular flexibility index (Phi) is 6.73.